The van der Waals surface area contributed by atoms with Crippen LogP contribution in [0.1, 0.15) is 0 Å². The van der Waals surface area contributed by atoms with Crippen LogP contribution in [-0.4, -0.2) is 29.6 Å². The highest BCUT2D eigenvalue weighted by Gasteiger charge is 2.17. The minimum atomic E-state index is -3.63. The molecule has 0 unspecified atom stereocenters. The van der Waals surface area contributed by atoms with Crippen molar-refractivity contribution in [3.63, 3.8) is 0 Å². The molecule has 0 bridgehead atoms. The Morgan fingerprint density at radius 2 is 1.71 bits per heavy atom. The van der Waals surface area contributed by atoms with Gasteiger partial charge in [-0.1, -0.05) is 18.2 Å². The van der Waals surface area contributed by atoms with Gasteiger partial charge in [-0.25, -0.2) is 8.42 Å². The van der Waals surface area contributed by atoms with Crippen LogP contribution in [0.15, 0.2) is 53.4 Å². The van der Waals surface area contributed by atoms with Crippen molar-refractivity contribution in [3.05, 3.63) is 48.5 Å². The zero-order valence-corrected chi connectivity index (χ0v) is 13.1. The molecular formula is C15H19N3O2S. The molecule has 2 N–H and O–H groups in total. The fourth-order valence-electron chi connectivity index (χ4n) is 1.97. The van der Waals surface area contributed by atoms with E-state index >= 15 is 0 Å². The number of rotatable bonds is 5. The lowest BCUT2D eigenvalue weighted by molar-refractivity contribution is 0.601. The van der Waals surface area contributed by atoms with Gasteiger partial charge in [0.05, 0.1) is 11.4 Å². The van der Waals surface area contributed by atoms with Crippen molar-refractivity contribution in [2.24, 2.45) is 0 Å². The van der Waals surface area contributed by atoms with Gasteiger partial charge in [-0.2, -0.15) is 0 Å². The summed E-state index contributed by atoms with van der Waals surface area (Å²) >= 11 is 0. The van der Waals surface area contributed by atoms with Gasteiger partial charge in [0.25, 0.3) is 10.0 Å². The van der Waals surface area contributed by atoms with Gasteiger partial charge < -0.3 is 10.2 Å². The highest BCUT2D eigenvalue weighted by atomic mass is 32.2. The molecule has 0 aromatic heterocycles. The molecule has 0 spiro atoms. The van der Waals surface area contributed by atoms with E-state index in [1.54, 1.807) is 43.4 Å². The number of para-hydroxylation sites is 1. The number of sulfonamides is 1. The lowest BCUT2D eigenvalue weighted by atomic mass is 10.3. The van der Waals surface area contributed by atoms with E-state index in [1.165, 1.54) is 0 Å². The monoisotopic (exact) mass is 305 g/mol. The summed E-state index contributed by atoms with van der Waals surface area (Å²) in [5.41, 5.74) is 2.03. The van der Waals surface area contributed by atoms with Gasteiger partial charge in [-0.05, 0) is 30.3 Å². The Kier molecular flexibility index (Phi) is 4.37. The maximum absolute atomic E-state index is 12.5. The molecule has 2 rings (SSSR count). The largest absolute Gasteiger partial charge is 0.387 e. The molecule has 0 amide bonds. The average molecular weight is 305 g/mol. The topological polar surface area (TPSA) is 61.4 Å². The predicted octanol–water partition coefficient (Wildman–Crippen LogP) is 2.60. The number of hydrogen-bond donors (Lipinski definition) is 2. The molecule has 0 aliphatic carbocycles. The molecular weight excluding hydrogens is 286 g/mol. The fraction of sp³-hybridized carbons (Fsp3) is 0.200. The molecule has 21 heavy (non-hydrogen) atoms. The summed E-state index contributed by atoms with van der Waals surface area (Å²) in [5.74, 6) is 0. The van der Waals surface area contributed by atoms with Crippen molar-refractivity contribution in [2.75, 3.05) is 36.1 Å². The lowest BCUT2D eigenvalue weighted by Gasteiger charge is -2.15. The third kappa shape index (κ3) is 3.46. The van der Waals surface area contributed by atoms with E-state index < -0.39 is 10.0 Å². The summed E-state index contributed by atoms with van der Waals surface area (Å²) in [6.45, 7) is 0. The van der Waals surface area contributed by atoms with Crippen LogP contribution in [0.25, 0.3) is 0 Å². The molecule has 0 atom stereocenters. The molecule has 0 aliphatic heterocycles. The first kappa shape index (κ1) is 15.2. The van der Waals surface area contributed by atoms with E-state index in [2.05, 4.69) is 10.0 Å². The highest BCUT2D eigenvalue weighted by molar-refractivity contribution is 7.92. The molecule has 0 saturated carbocycles. The van der Waals surface area contributed by atoms with E-state index in [4.69, 9.17) is 0 Å². The average Bonchev–Trinajstić information content (AvgIpc) is 2.47. The summed E-state index contributed by atoms with van der Waals surface area (Å²) in [7, 11) is 1.88. The van der Waals surface area contributed by atoms with Gasteiger partial charge >= 0.3 is 0 Å². The molecule has 112 valence electrons. The number of nitrogens with one attached hydrogen (secondary N) is 2. The first-order chi connectivity index (χ1) is 9.94. The van der Waals surface area contributed by atoms with Gasteiger partial charge in [-0.15, -0.1) is 0 Å². The van der Waals surface area contributed by atoms with Gasteiger partial charge in [0.1, 0.15) is 4.90 Å². The molecule has 0 radical (unpaired) electrons. The minimum Gasteiger partial charge on any atom is -0.387 e. The zero-order chi connectivity index (χ0) is 15.5. The molecule has 0 saturated heterocycles. The Morgan fingerprint density at radius 3 is 2.38 bits per heavy atom. The Hall–Kier alpha value is -2.21. The molecule has 5 nitrogen and oxygen atoms in total. The van der Waals surface area contributed by atoms with E-state index in [0.29, 0.717) is 11.4 Å². The Balaban J connectivity index is 2.35. The van der Waals surface area contributed by atoms with Crippen LogP contribution < -0.4 is 14.9 Å². The second-order valence-electron chi connectivity index (χ2n) is 4.80. The van der Waals surface area contributed by atoms with Crippen molar-refractivity contribution < 1.29 is 8.42 Å². The second-order valence-corrected chi connectivity index (χ2v) is 6.45. The van der Waals surface area contributed by atoms with Gasteiger partial charge in [-0.3, -0.25) is 4.72 Å². The van der Waals surface area contributed by atoms with E-state index in [1.807, 2.05) is 31.1 Å². The summed E-state index contributed by atoms with van der Waals surface area (Å²) in [6, 6.07) is 14.0. The van der Waals surface area contributed by atoms with Crippen LogP contribution >= 0.6 is 0 Å². The number of benzene rings is 2. The van der Waals surface area contributed by atoms with E-state index in [9.17, 15) is 8.42 Å². The van der Waals surface area contributed by atoms with Gasteiger partial charge in [0, 0.05) is 26.8 Å². The Bertz CT molecular complexity index is 727. The third-order valence-electron chi connectivity index (χ3n) is 3.06. The summed E-state index contributed by atoms with van der Waals surface area (Å²) in [4.78, 5) is 2.14. The van der Waals surface area contributed by atoms with Crippen molar-refractivity contribution >= 4 is 27.1 Å². The van der Waals surface area contributed by atoms with Crippen LogP contribution in [0.2, 0.25) is 0 Å². The molecule has 0 aliphatic rings. The van der Waals surface area contributed by atoms with Crippen molar-refractivity contribution in [1.29, 1.82) is 0 Å². The van der Waals surface area contributed by atoms with Gasteiger partial charge in [0.2, 0.25) is 0 Å². The fourth-order valence-corrected chi connectivity index (χ4v) is 3.23. The maximum Gasteiger partial charge on any atom is 0.263 e. The predicted molar refractivity (Wildman–Crippen MR) is 87.6 cm³/mol. The van der Waals surface area contributed by atoms with E-state index in [-0.39, 0.29) is 4.90 Å². The van der Waals surface area contributed by atoms with Gasteiger partial charge in [0.15, 0.2) is 0 Å². The van der Waals surface area contributed by atoms with Crippen LogP contribution in [0, 0.1) is 0 Å². The zero-order valence-electron chi connectivity index (χ0n) is 12.3. The highest BCUT2D eigenvalue weighted by Crippen LogP contribution is 2.24. The first-order valence-electron chi connectivity index (χ1n) is 6.51. The Labute approximate surface area is 125 Å². The molecule has 2 aromatic rings. The standard InChI is InChI=1S/C15H19N3O2S/c1-16-14-9-4-5-10-15(14)21(19,20)17-12-7-6-8-13(11-12)18(2)3/h4-11,16-17H,1-3H3. The summed E-state index contributed by atoms with van der Waals surface area (Å²) < 4.78 is 27.6. The number of hydrogen-bond acceptors (Lipinski definition) is 4. The SMILES string of the molecule is CNc1ccccc1S(=O)(=O)Nc1cccc(N(C)C)c1. The lowest BCUT2D eigenvalue weighted by Crippen LogP contribution is -2.15. The minimum absolute atomic E-state index is 0.225. The van der Waals surface area contributed by atoms with Crippen LogP contribution in [0.3, 0.4) is 0 Å². The van der Waals surface area contributed by atoms with Crippen LogP contribution in [-0.2, 0) is 10.0 Å². The van der Waals surface area contributed by atoms with Crippen LogP contribution in [0.4, 0.5) is 17.1 Å². The number of nitrogens with zero attached hydrogens (tertiary/aromatic N) is 1. The van der Waals surface area contributed by atoms with Crippen LogP contribution in [0.5, 0.6) is 0 Å². The molecule has 0 fully saturated rings. The summed E-state index contributed by atoms with van der Waals surface area (Å²) in [5, 5.41) is 2.89. The maximum atomic E-state index is 12.5. The summed E-state index contributed by atoms with van der Waals surface area (Å²) in [6.07, 6.45) is 0. The third-order valence-corrected chi connectivity index (χ3v) is 4.50. The smallest absolute Gasteiger partial charge is 0.263 e. The first-order valence-corrected chi connectivity index (χ1v) is 7.99. The molecule has 2 aromatic carbocycles. The molecule has 0 heterocycles. The quantitative estimate of drug-likeness (QED) is 0.891. The normalized spacial score (nSPS) is 11.0. The van der Waals surface area contributed by atoms with E-state index in [0.717, 1.165) is 5.69 Å². The van der Waals surface area contributed by atoms with Crippen molar-refractivity contribution in [1.82, 2.24) is 0 Å². The molecule has 6 heteroatoms. The van der Waals surface area contributed by atoms with Crippen molar-refractivity contribution in [2.45, 2.75) is 4.90 Å². The number of anilines is 3. The Morgan fingerprint density at radius 1 is 1.00 bits per heavy atom. The van der Waals surface area contributed by atoms with Crippen molar-refractivity contribution in [3.8, 4) is 0 Å². The second kappa shape index (κ2) is 6.05.